The molecular weight excluding hydrogens is 355 g/mol. The summed E-state index contributed by atoms with van der Waals surface area (Å²) in [5.41, 5.74) is 1.19. The molecule has 1 aliphatic rings. The third kappa shape index (κ3) is 6.21. The zero-order valence-corrected chi connectivity index (χ0v) is 16.9. The molecule has 4 nitrogen and oxygen atoms in total. The van der Waals surface area contributed by atoms with Gasteiger partial charge in [-0.2, -0.15) is 0 Å². The Balaban J connectivity index is 1.50. The van der Waals surface area contributed by atoms with E-state index in [2.05, 4.69) is 24.3 Å². The molecule has 0 bridgehead atoms. The Hall–Kier alpha value is -2.11. The van der Waals surface area contributed by atoms with Crippen LogP contribution in [0.1, 0.15) is 24.3 Å². The van der Waals surface area contributed by atoms with E-state index >= 15 is 0 Å². The number of rotatable bonds is 9. The molecular formula is C23H31FN2O2. The van der Waals surface area contributed by atoms with E-state index in [1.165, 1.54) is 5.56 Å². The molecule has 2 aromatic rings. The number of benzene rings is 2. The van der Waals surface area contributed by atoms with Gasteiger partial charge in [-0.15, -0.1) is 0 Å². The van der Waals surface area contributed by atoms with Gasteiger partial charge in [0.2, 0.25) is 0 Å². The van der Waals surface area contributed by atoms with Crippen molar-refractivity contribution in [1.29, 1.82) is 0 Å². The number of hydrogen-bond acceptors (Lipinski definition) is 4. The Kier molecular flexibility index (Phi) is 7.69. The number of ether oxygens (including phenoxy) is 2. The highest BCUT2D eigenvalue weighted by Gasteiger charge is 2.27. The van der Waals surface area contributed by atoms with Crippen LogP contribution in [0.15, 0.2) is 48.5 Å². The first-order valence-electron chi connectivity index (χ1n) is 10.1. The maximum Gasteiger partial charge on any atom is 0.123 e. The van der Waals surface area contributed by atoms with E-state index in [4.69, 9.17) is 9.47 Å². The van der Waals surface area contributed by atoms with Gasteiger partial charge < -0.3 is 19.7 Å². The van der Waals surface area contributed by atoms with Crippen molar-refractivity contribution in [3.8, 4) is 11.5 Å². The normalized spacial score (nSPS) is 19.6. The summed E-state index contributed by atoms with van der Waals surface area (Å²) >= 11 is 0. The molecule has 0 unspecified atom stereocenters. The molecule has 1 heterocycles. The molecule has 0 aliphatic carbocycles. The fourth-order valence-corrected chi connectivity index (χ4v) is 3.65. The van der Waals surface area contributed by atoms with Gasteiger partial charge in [0, 0.05) is 19.0 Å². The summed E-state index contributed by atoms with van der Waals surface area (Å²) in [6.45, 7) is 4.27. The molecule has 152 valence electrons. The average Bonchev–Trinajstić information content (AvgIpc) is 2.71. The zero-order valence-electron chi connectivity index (χ0n) is 16.9. The minimum atomic E-state index is -0.186. The molecule has 0 amide bonds. The Morgan fingerprint density at radius 1 is 1.00 bits per heavy atom. The number of hydrogen-bond donors (Lipinski definition) is 1. The van der Waals surface area contributed by atoms with E-state index in [1.54, 1.807) is 12.1 Å². The van der Waals surface area contributed by atoms with Gasteiger partial charge >= 0.3 is 0 Å². The van der Waals surface area contributed by atoms with Crippen molar-refractivity contribution in [2.24, 2.45) is 5.92 Å². The summed E-state index contributed by atoms with van der Waals surface area (Å²) in [7, 11) is 4.13. The van der Waals surface area contributed by atoms with Crippen LogP contribution in [-0.2, 0) is 0 Å². The lowest BCUT2D eigenvalue weighted by Gasteiger charge is -2.32. The zero-order chi connectivity index (χ0) is 19.8. The predicted octanol–water partition coefficient (Wildman–Crippen LogP) is 3.93. The first-order valence-corrected chi connectivity index (χ1v) is 10.1. The first-order chi connectivity index (χ1) is 13.6. The van der Waals surface area contributed by atoms with Crippen LogP contribution in [0.2, 0.25) is 0 Å². The highest BCUT2D eigenvalue weighted by molar-refractivity contribution is 5.31. The van der Waals surface area contributed by atoms with Gasteiger partial charge in [-0.05, 0) is 81.4 Å². The lowest BCUT2D eigenvalue weighted by atomic mass is 9.81. The van der Waals surface area contributed by atoms with Crippen molar-refractivity contribution in [3.63, 3.8) is 0 Å². The van der Waals surface area contributed by atoms with Crippen LogP contribution in [-0.4, -0.2) is 51.8 Å². The van der Waals surface area contributed by atoms with Crippen LogP contribution in [0.25, 0.3) is 0 Å². The second kappa shape index (κ2) is 10.4. The Labute approximate surface area is 167 Å². The van der Waals surface area contributed by atoms with Gasteiger partial charge in [0.05, 0.1) is 13.2 Å². The molecule has 0 radical (unpaired) electrons. The van der Waals surface area contributed by atoms with Crippen molar-refractivity contribution < 1.29 is 13.9 Å². The maximum atomic E-state index is 13.2. The van der Waals surface area contributed by atoms with Gasteiger partial charge in [-0.1, -0.05) is 12.1 Å². The van der Waals surface area contributed by atoms with Crippen LogP contribution >= 0.6 is 0 Å². The molecule has 3 rings (SSSR count). The quantitative estimate of drug-likeness (QED) is 0.662. The summed E-state index contributed by atoms with van der Waals surface area (Å²) in [6, 6.07) is 14.7. The summed E-state index contributed by atoms with van der Waals surface area (Å²) in [4.78, 5) is 2.15. The molecule has 1 N–H and O–H groups in total. The third-order valence-electron chi connectivity index (χ3n) is 5.21. The summed E-state index contributed by atoms with van der Waals surface area (Å²) in [5, 5.41) is 3.45. The molecule has 0 aromatic heterocycles. The van der Waals surface area contributed by atoms with Crippen LogP contribution < -0.4 is 14.8 Å². The first kappa shape index (κ1) is 20.6. The molecule has 5 heteroatoms. The summed E-state index contributed by atoms with van der Waals surface area (Å²) < 4.78 is 25.1. The van der Waals surface area contributed by atoms with Crippen molar-refractivity contribution in [2.45, 2.75) is 18.8 Å². The molecule has 0 saturated carbocycles. The molecule has 0 spiro atoms. The third-order valence-corrected chi connectivity index (χ3v) is 5.21. The smallest absolute Gasteiger partial charge is 0.123 e. The standard InChI is InChI=1S/C23H31FN2O2/c1-26(2)14-3-15-27-21-8-10-22(11-9-21)28-17-19-16-25-13-12-23(19)18-4-6-20(24)7-5-18/h4-11,19,23,25H,3,12-17H2,1-2H3/t19-,23-/m0/s1. The van der Waals surface area contributed by atoms with E-state index in [1.807, 2.05) is 36.4 Å². The van der Waals surface area contributed by atoms with Crippen LogP contribution in [0, 0.1) is 11.7 Å². The van der Waals surface area contributed by atoms with E-state index in [0.717, 1.165) is 44.0 Å². The van der Waals surface area contributed by atoms with Crippen LogP contribution in [0.3, 0.4) is 0 Å². The van der Waals surface area contributed by atoms with Gasteiger partial charge in [-0.25, -0.2) is 4.39 Å². The van der Waals surface area contributed by atoms with E-state index in [0.29, 0.717) is 25.0 Å². The summed E-state index contributed by atoms with van der Waals surface area (Å²) in [5.74, 6) is 2.29. The molecule has 1 saturated heterocycles. The molecule has 1 aliphatic heterocycles. The topological polar surface area (TPSA) is 33.7 Å². The van der Waals surface area contributed by atoms with Gasteiger partial charge in [-0.3, -0.25) is 0 Å². The van der Waals surface area contributed by atoms with E-state index < -0.39 is 0 Å². The van der Waals surface area contributed by atoms with E-state index in [-0.39, 0.29) is 5.82 Å². The Morgan fingerprint density at radius 3 is 2.36 bits per heavy atom. The molecule has 2 aromatic carbocycles. The van der Waals surface area contributed by atoms with Crippen molar-refractivity contribution in [1.82, 2.24) is 10.2 Å². The lowest BCUT2D eigenvalue weighted by molar-refractivity contribution is 0.196. The van der Waals surface area contributed by atoms with Gasteiger partial charge in [0.1, 0.15) is 17.3 Å². The number of halogens is 1. The van der Waals surface area contributed by atoms with Crippen molar-refractivity contribution in [3.05, 3.63) is 59.9 Å². The van der Waals surface area contributed by atoms with Crippen LogP contribution in [0.5, 0.6) is 11.5 Å². The number of piperidine rings is 1. The maximum absolute atomic E-state index is 13.2. The highest BCUT2D eigenvalue weighted by atomic mass is 19.1. The number of nitrogens with one attached hydrogen (secondary N) is 1. The molecule has 2 atom stereocenters. The molecule has 1 fully saturated rings. The van der Waals surface area contributed by atoms with Gasteiger partial charge in [0.15, 0.2) is 0 Å². The van der Waals surface area contributed by atoms with E-state index in [9.17, 15) is 4.39 Å². The van der Waals surface area contributed by atoms with Gasteiger partial charge in [0.25, 0.3) is 0 Å². The second-order valence-corrected chi connectivity index (χ2v) is 7.70. The van der Waals surface area contributed by atoms with Crippen molar-refractivity contribution >= 4 is 0 Å². The Morgan fingerprint density at radius 2 is 1.68 bits per heavy atom. The molecule has 28 heavy (non-hydrogen) atoms. The minimum absolute atomic E-state index is 0.186. The summed E-state index contributed by atoms with van der Waals surface area (Å²) in [6.07, 6.45) is 2.05. The monoisotopic (exact) mass is 386 g/mol. The number of nitrogens with zero attached hydrogens (tertiary/aromatic N) is 1. The average molecular weight is 387 g/mol. The highest BCUT2D eigenvalue weighted by Crippen LogP contribution is 2.31. The van der Waals surface area contributed by atoms with Crippen molar-refractivity contribution in [2.75, 3.05) is 46.9 Å². The fraction of sp³-hybridized carbons (Fsp3) is 0.478. The SMILES string of the molecule is CN(C)CCCOc1ccc(OC[C@@H]2CNCC[C@H]2c2ccc(F)cc2)cc1. The lowest BCUT2D eigenvalue weighted by Crippen LogP contribution is -2.38. The minimum Gasteiger partial charge on any atom is -0.494 e. The fourth-order valence-electron chi connectivity index (χ4n) is 3.65. The second-order valence-electron chi connectivity index (χ2n) is 7.70. The van der Waals surface area contributed by atoms with Crippen LogP contribution in [0.4, 0.5) is 4.39 Å². The largest absolute Gasteiger partial charge is 0.494 e. The Bertz CT molecular complexity index is 704. The predicted molar refractivity (Wildman–Crippen MR) is 111 cm³/mol.